The van der Waals surface area contributed by atoms with Crippen molar-refractivity contribution in [2.45, 2.75) is 11.8 Å². The van der Waals surface area contributed by atoms with E-state index in [1.807, 2.05) is 6.07 Å². The fraction of sp³-hybridized carbons (Fsp3) is 0.158. The normalized spacial score (nSPS) is 11.6. The van der Waals surface area contributed by atoms with Crippen molar-refractivity contribution in [1.82, 2.24) is 4.90 Å². The van der Waals surface area contributed by atoms with Gasteiger partial charge in [0.1, 0.15) is 4.90 Å². The zero-order chi connectivity index (χ0) is 20.2. The average molecular weight is 404 g/mol. The Morgan fingerprint density at radius 2 is 1.93 bits per heavy atom. The molecule has 140 valence electrons. The third-order valence-corrected chi connectivity index (χ3v) is 5.41. The first-order chi connectivity index (χ1) is 12.6. The fourth-order valence-electron chi connectivity index (χ4n) is 2.37. The SMILES string of the molecule is CC(=O)/C(=C/N(C)C)c1ccc(Cl)c(S(=O)(=O)Nc2cccc(C#N)c2)c1. The molecule has 0 atom stereocenters. The van der Waals surface area contributed by atoms with Gasteiger partial charge in [-0.3, -0.25) is 9.52 Å². The molecule has 2 aromatic carbocycles. The molecule has 2 aromatic rings. The zero-order valence-corrected chi connectivity index (χ0v) is 16.6. The van der Waals surface area contributed by atoms with Gasteiger partial charge in [0.15, 0.2) is 5.78 Å². The number of rotatable bonds is 6. The van der Waals surface area contributed by atoms with Gasteiger partial charge in [0.2, 0.25) is 0 Å². The van der Waals surface area contributed by atoms with Crippen molar-refractivity contribution in [1.29, 1.82) is 5.26 Å². The van der Waals surface area contributed by atoms with E-state index in [0.29, 0.717) is 16.7 Å². The lowest BCUT2D eigenvalue weighted by Crippen LogP contribution is -2.14. The maximum atomic E-state index is 12.8. The van der Waals surface area contributed by atoms with Gasteiger partial charge in [-0.15, -0.1) is 0 Å². The summed E-state index contributed by atoms with van der Waals surface area (Å²) in [6, 6.07) is 12.4. The number of Topliss-reactive ketones (excluding diaryl/α,β-unsaturated/α-hetero) is 1. The van der Waals surface area contributed by atoms with Crippen molar-refractivity contribution in [2.75, 3.05) is 18.8 Å². The molecule has 0 amide bonds. The standard InChI is InChI=1S/C19H18ClN3O3S/c1-13(24)17(12-23(2)3)15-7-8-18(20)19(10-15)27(25,26)22-16-6-4-5-14(9-16)11-21/h4-10,12,22H,1-3H3/b17-12-. The van der Waals surface area contributed by atoms with Crippen molar-refractivity contribution in [3.05, 3.63) is 64.8 Å². The highest BCUT2D eigenvalue weighted by molar-refractivity contribution is 7.92. The molecule has 0 radical (unpaired) electrons. The minimum Gasteiger partial charge on any atom is -0.383 e. The fourth-order valence-corrected chi connectivity index (χ4v) is 3.94. The largest absolute Gasteiger partial charge is 0.383 e. The smallest absolute Gasteiger partial charge is 0.263 e. The zero-order valence-electron chi connectivity index (χ0n) is 15.0. The van der Waals surface area contributed by atoms with Crippen LogP contribution in [0.15, 0.2) is 53.6 Å². The van der Waals surface area contributed by atoms with Gasteiger partial charge in [-0.1, -0.05) is 23.7 Å². The molecule has 0 aliphatic carbocycles. The molecular formula is C19H18ClN3O3S. The summed E-state index contributed by atoms with van der Waals surface area (Å²) in [6.07, 6.45) is 1.62. The molecule has 0 spiro atoms. The van der Waals surface area contributed by atoms with Gasteiger partial charge in [0.25, 0.3) is 10.0 Å². The number of allylic oxidation sites excluding steroid dienone is 1. The van der Waals surface area contributed by atoms with Crippen molar-refractivity contribution in [3.63, 3.8) is 0 Å². The van der Waals surface area contributed by atoms with E-state index < -0.39 is 10.0 Å². The molecule has 0 saturated carbocycles. The second-order valence-electron chi connectivity index (χ2n) is 6.01. The lowest BCUT2D eigenvalue weighted by atomic mass is 10.0. The van der Waals surface area contributed by atoms with Crippen LogP contribution in [0.25, 0.3) is 5.57 Å². The summed E-state index contributed by atoms with van der Waals surface area (Å²) in [7, 11) is -0.494. The molecule has 6 nitrogen and oxygen atoms in total. The number of hydrogen-bond acceptors (Lipinski definition) is 5. The van der Waals surface area contributed by atoms with Crippen LogP contribution in [0, 0.1) is 11.3 Å². The first-order valence-corrected chi connectivity index (χ1v) is 9.72. The Bertz CT molecular complexity index is 1050. The van der Waals surface area contributed by atoms with Crippen LogP contribution in [0.4, 0.5) is 5.69 Å². The molecule has 0 aliphatic rings. The first-order valence-electron chi connectivity index (χ1n) is 7.86. The summed E-state index contributed by atoms with van der Waals surface area (Å²) in [4.78, 5) is 13.5. The number of ketones is 1. The highest BCUT2D eigenvalue weighted by atomic mass is 35.5. The minimum atomic E-state index is -4.02. The number of nitriles is 1. The number of anilines is 1. The molecule has 27 heavy (non-hydrogen) atoms. The predicted molar refractivity (Wildman–Crippen MR) is 106 cm³/mol. The maximum Gasteiger partial charge on any atom is 0.263 e. The summed E-state index contributed by atoms with van der Waals surface area (Å²) >= 11 is 6.11. The van der Waals surface area contributed by atoms with Crippen LogP contribution in [0.1, 0.15) is 18.1 Å². The van der Waals surface area contributed by atoms with Crippen LogP contribution in [-0.2, 0) is 14.8 Å². The predicted octanol–water partition coefficient (Wildman–Crippen LogP) is 3.50. The molecule has 0 saturated heterocycles. The van der Waals surface area contributed by atoms with Crippen LogP contribution in [-0.4, -0.2) is 33.2 Å². The van der Waals surface area contributed by atoms with E-state index in [-0.39, 0.29) is 21.4 Å². The van der Waals surface area contributed by atoms with Gasteiger partial charge in [-0.25, -0.2) is 8.42 Å². The number of nitrogens with zero attached hydrogens (tertiary/aromatic N) is 2. The summed E-state index contributed by atoms with van der Waals surface area (Å²) in [6.45, 7) is 1.41. The van der Waals surface area contributed by atoms with Gasteiger partial charge >= 0.3 is 0 Å². The van der Waals surface area contributed by atoms with Gasteiger partial charge in [-0.2, -0.15) is 5.26 Å². The highest BCUT2D eigenvalue weighted by Crippen LogP contribution is 2.28. The van der Waals surface area contributed by atoms with Gasteiger partial charge in [0.05, 0.1) is 22.3 Å². The van der Waals surface area contributed by atoms with E-state index in [1.165, 1.54) is 31.2 Å². The Morgan fingerprint density at radius 1 is 1.22 bits per heavy atom. The third kappa shape index (κ3) is 5.09. The van der Waals surface area contributed by atoms with E-state index in [9.17, 15) is 13.2 Å². The van der Waals surface area contributed by atoms with Crippen molar-refractivity contribution >= 4 is 38.7 Å². The van der Waals surface area contributed by atoms with Crippen LogP contribution < -0.4 is 4.72 Å². The Kier molecular flexibility index (Phi) is 6.26. The van der Waals surface area contributed by atoms with E-state index in [1.54, 1.807) is 43.4 Å². The van der Waals surface area contributed by atoms with Gasteiger partial charge < -0.3 is 4.90 Å². The van der Waals surface area contributed by atoms with Crippen LogP contribution in [0.2, 0.25) is 5.02 Å². The number of benzene rings is 2. The van der Waals surface area contributed by atoms with E-state index in [4.69, 9.17) is 16.9 Å². The topological polar surface area (TPSA) is 90.3 Å². The summed E-state index contributed by atoms with van der Waals surface area (Å²) in [5, 5.41) is 8.98. The Labute approximate surface area is 163 Å². The van der Waals surface area contributed by atoms with Gasteiger partial charge in [0, 0.05) is 25.9 Å². The minimum absolute atomic E-state index is 0.0236. The molecule has 8 heteroatoms. The number of nitrogens with one attached hydrogen (secondary N) is 1. The maximum absolute atomic E-state index is 12.8. The number of sulfonamides is 1. The molecule has 0 bridgehead atoms. The van der Waals surface area contributed by atoms with Crippen molar-refractivity contribution < 1.29 is 13.2 Å². The third-order valence-electron chi connectivity index (χ3n) is 3.54. The van der Waals surface area contributed by atoms with Crippen molar-refractivity contribution in [2.24, 2.45) is 0 Å². The quantitative estimate of drug-likeness (QED) is 0.745. The monoisotopic (exact) mass is 403 g/mol. The number of hydrogen-bond donors (Lipinski definition) is 1. The van der Waals surface area contributed by atoms with E-state index in [2.05, 4.69) is 4.72 Å². The lowest BCUT2D eigenvalue weighted by molar-refractivity contribution is -0.111. The summed E-state index contributed by atoms with van der Waals surface area (Å²) in [5.74, 6) is -0.205. The van der Waals surface area contributed by atoms with Crippen LogP contribution in [0.3, 0.4) is 0 Å². The van der Waals surface area contributed by atoms with E-state index in [0.717, 1.165) is 0 Å². The second-order valence-corrected chi connectivity index (χ2v) is 8.06. The molecule has 1 N–H and O–H groups in total. The molecule has 0 unspecified atom stereocenters. The molecule has 0 aliphatic heterocycles. The first kappa shape index (κ1) is 20.5. The average Bonchev–Trinajstić information content (AvgIpc) is 2.59. The van der Waals surface area contributed by atoms with Crippen molar-refractivity contribution in [3.8, 4) is 6.07 Å². The van der Waals surface area contributed by atoms with Crippen LogP contribution in [0.5, 0.6) is 0 Å². The highest BCUT2D eigenvalue weighted by Gasteiger charge is 2.21. The van der Waals surface area contributed by atoms with Crippen LogP contribution >= 0.6 is 11.6 Å². The summed E-state index contributed by atoms with van der Waals surface area (Å²) < 4.78 is 28.0. The molecule has 2 rings (SSSR count). The number of carbonyl (C=O) groups excluding carboxylic acids is 1. The Balaban J connectivity index is 2.51. The number of carbonyl (C=O) groups is 1. The molecule has 0 aromatic heterocycles. The Hall–Kier alpha value is -2.82. The summed E-state index contributed by atoms with van der Waals surface area (Å²) in [5.41, 5.74) is 1.36. The van der Waals surface area contributed by atoms with E-state index >= 15 is 0 Å². The van der Waals surface area contributed by atoms with Gasteiger partial charge in [-0.05, 0) is 42.8 Å². The molecular weight excluding hydrogens is 386 g/mol. The lowest BCUT2D eigenvalue weighted by Gasteiger charge is -2.13. The Morgan fingerprint density at radius 3 is 2.52 bits per heavy atom. The molecule has 0 fully saturated rings. The second kappa shape index (κ2) is 8.25. The number of halogens is 1. The molecule has 0 heterocycles.